The number of benzene rings is 1. The van der Waals surface area contributed by atoms with Crippen LogP contribution in [0.1, 0.15) is 18.9 Å². The summed E-state index contributed by atoms with van der Waals surface area (Å²) in [5.41, 5.74) is 2.35. The van der Waals surface area contributed by atoms with E-state index in [1.54, 1.807) is 12.4 Å². The van der Waals surface area contributed by atoms with Crippen molar-refractivity contribution < 1.29 is 0 Å². The summed E-state index contributed by atoms with van der Waals surface area (Å²) in [6.07, 6.45) is 4.61. The lowest BCUT2D eigenvalue weighted by Gasteiger charge is -2.34. The van der Waals surface area contributed by atoms with Gasteiger partial charge >= 0.3 is 0 Å². The average molecular weight is 410 g/mol. The molecule has 2 aromatic heterocycles. The van der Waals surface area contributed by atoms with Crippen LogP contribution in [0.4, 0.5) is 5.95 Å². The Kier molecular flexibility index (Phi) is 6.01. The maximum atomic E-state index is 5.79. The van der Waals surface area contributed by atoms with Crippen LogP contribution in [0.5, 0.6) is 0 Å². The van der Waals surface area contributed by atoms with E-state index < -0.39 is 0 Å². The lowest BCUT2D eigenvalue weighted by molar-refractivity contribution is 0.193. The zero-order valence-corrected chi connectivity index (χ0v) is 17.8. The van der Waals surface area contributed by atoms with E-state index in [0.29, 0.717) is 6.67 Å². The lowest BCUT2D eigenvalue weighted by Crippen LogP contribution is -2.47. The van der Waals surface area contributed by atoms with Gasteiger partial charge in [-0.25, -0.2) is 14.6 Å². The predicted molar refractivity (Wildman–Crippen MR) is 117 cm³/mol. The molecule has 0 amide bonds. The minimum Gasteiger partial charge on any atom is -0.338 e. The molecule has 29 heavy (non-hydrogen) atoms. The first-order chi connectivity index (χ1) is 14.2. The molecule has 0 unspecified atom stereocenters. The van der Waals surface area contributed by atoms with Crippen molar-refractivity contribution in [3.8, 4) is 11.4 Å². The third-order valence-corrected chi connectivity index (χ3v) is 5.62. The monoisotopic (exact) mass is 409 g/mol. The van der Waals surface area contributed by atoms with Crippen molar-refractivity contribution in [1.82, 2.24) is 29.2 Å². The minimum absolute atomic E-state index is 0.706. The van der Waals surface area contributed by atoms with Gasteiger partial charge in [-0.05, 0) is 37.7 Å². The van der Waals surface area contributed by atoms with Crippen LogP contribution >= 0.6 is 12.2 Å². The highest BCUT2D eigenvalue weighted by molar-refractivity contribution is 7.71. The molecular formula is C21H27N7S. The third-order valence-electron chi connectivity index (χ3n) is 5.19. The summed E-state index contributed by atoms with van der Waals surface area (Å²) in [5.74, 6) is 1.76. The second-order valence-electron chi connectivity index (χ2n) is 7.42. The van der Waals surface area contributed by atoms with Crippen molar-refractivity contribution in [2.45, 2.75) is 33.5 Å². The Hall–Kier alpha value is -2.58. The number of anilines is 1. The van der Waals surface area contributed by atoms with E-state index in [1.807, 2.05) is 10.7 Å². The summed E-state index contributed by atoms with van der Waals surface area (Å²) in [5, 5.41) is 4.91. The summed E-state index contributed by atoms with van der Waals surface area (Å²) in [7, 11) is 0. The van der Waals surface area contributed by atoms with Crippen molar-refractivity contribution in [3.63, 3.8) is 0 Å². The Morgan fingerprint density at radius 1 is 1.03 bits per heavy atom. The van der Waals surface area contributed by atoms with Crippen LogP contribution in [0, 0.1) is 11.7 Å². The van der Waals surface area contributed by atoms with E-state index in [4.69, 9.17) is 17.3 Å². The SMILES string of the molecule is CCCn1c(-c2cccc(C)c2)nn(CN2CCN(c3ncccn3)CC2)c1=S. The molecule has 152 valence electrons. The molecule has 8 heteroatoms. The molecule has 0 bridgehead atoms. The van der Waals surface area contributed by atoms with Gasteiger partial charge in [0.25, 0.3) is 0 Å². The number of nitrogens with zero attached hydrogens (tertiary/aromatic N) is 7. The summed E-state index contributed by atoms with van der Waals surface area (Å²) < 4.78 is 4.92. The first-order valence-corrected chi connectivity index (χ1v) is 10.6. The van der Waals surface area contributed by atoms with Crippen LogP contribution in [0.15, 0.2) is 42.7 Å². The van der Waals surface area contributed by atoms with Gasteiger partial charge in [-0.3, -0.25) is 9.47 Å². The van der Waals surface area contributed by atoms with Gasteiger partial charge in [-0.2, -0.15) is 5.10 Å². The summed E-state index contributed by atoms with van der Waals surface area (Å²) in [4.78, 5) is 13.3. The standard InChI is InChI=1S/C21H27N7S/c1-3-10-27-19(18-7-4-6-17(2)15-18)24-28(21(27)29)16-25-11-13-26(14-12-25)20-22-8-5-9-23-20/h4-9,15H,3,10-14,16H2,1-2H3. The number of hydrogen-bond acceptors (Lipinski definition) is 6. The molecule has 1 aliphatic rings. The molecule has 0 aliphatic carbocycles. The summed E-state index contributed by atoms with van der Waals surface area (Å²) in [6.45, 7) is 9.52. The van der Waals surface area contributed by atoms with Gasteiger partial charge in [0.2, 0.25) is 5.95 Å². The van der Waals surface area contributed by atoms with Crippen molar-refractivity contribution in [2.75, 3.05) is 31.1 Å². The van der Waals surface area contributed by atoms with E-state index in [0.717, 1.165) is 61.3 Å². The van der Waals surface area contributed by atoms with Crippen molar-refractivity contribution in [2.24, 2.45) is 0 Å². The van der Waals surface area contributed by atoms with Crippen LogP contribution in [-0.2, 0) is 13.2 Å². The largest absolute Gasteiger partial charge is 0.338 e. The van der Waals surface area contributed by atoms with Crippen LogP contribution in [0.3, 0.4) is 0 Å². The number of aryl methyl sites for hydroxylation is 1. The zero-order chi connectivity index (χ0) is 20.2. The molecule has 3 aromatic rings. The van der Waals surface area contributed by atoms with Gasteiger partial charge in [0.15, 0.2) is 10.6 Å². The lowest BCUT2D eigenvalue weighted by atomic mass is 10.1. The maximum absolute atomic E-state index is 5.79. The quantitative estimate of drug-likeness (QED) is 0.582. The maximum Gasteiger partial charge on any atom is 0.225 e. The Labute approximate surface area is 176 Å². The second-order valence-corrected chi connectivity index (χ2v) is 7.79. The van der Waals surface area contributed by atoms with Gasteiger partial charge in [0.1, 0.15) is 0 Å². The van der Waals surface area contributed by atoms with Crippen molar-refractivity contribution >= 4 is 18.2 Å². The fourth-order valence-corrected chi connectivity index (χ4v) is 3.97. The molecule has 1 aliphatic heterocycles. The molecule has 3 heterocycles. The van der Waals surface area contributed by atoms with Crippen LogP contribution in [-0.4, -0.2) is 55.4 Å². The smallest absolute Gasteiger partial charge is 0.225 e. The molecule has 0 atom stereocenters. The molecule has 0 saturated carbocycles. The normalized spacial score (nSPS) is 15.0. The first kappa shape index (κ1) is 19.7. The molecule has 0 radical (unpaired) electrons. The highest BCUT2D eigenvalue weighted by Gasteiger charge is 2.20. The zero-order valence-electron chi connectivity index (χ0n) is 17.0. The van der Waals surface area contributed by atoms with Gasteiger partial charge in [0, 0.05) is 50.7 Å². The van der Waals surface area contributed by atoms with Gasteiger partial charge in [-0.1, -0.05) is 30.7 Å². The van der Waals surface area contributed by atoms with Gasteiger partial charge in [0.05, 0.1) is 6.67 Å². The first-order valence-electron chi connectivity index (χ1n) is 10.1. The Morgan fingerprint density at radius 3 is 2.48 bits per heavy atom. The van der Waals surface area contributed by atoms with E-state index in [-0.39, 0.29) is 0 Å². The number of rotatable bonds is 6. The van der Waals surface area contributed by atoms with E-state index in [9.17, 15) is 0 Å². The van der Waals surface area contributed by atoms with E-state index >= 15 is 0 Å². The molecule has 0 spiro atoms. The molecule has 7 nitrogen and oxygen atoms in total. The van der Waals surface area contributed by atoms with Gasteiger partial charge in [-0.15, -0.1) is 0 Å². The summed E-state index contributed by atoms with van der Waals surface area (Å²) in [6, 6.07) is 10.3. The number of aromatic nitrogens is 5. The summed E-state index contributed by atoms with van der Waals surface area (Å²) >= 11 is 5.79. The van der Waals surface area contributed by atoms with Gasteiger partial charge < -0.3 is 4.90 Å². The Bertz CT molecular complexity index is 1000. The highest BCUT2D eigenvalue weighted by atomic mass is 32.1. The van der Waals surface area contributed by atoms with Crippen molar-refractivity contribution in [1.29, 1.82) is 0 Å². The topological polar surface area (TPSA) is 55.0 Å². The number of piperazine rings is 1. The Balaban J connectivity index is 1.51. The average Bonchev–Trinajstić information content (AvgIpc) is 3.05. The van der Waals surface area contributed by atoms with Crippen LogP contribution in [0.25, 0.3) is 11.4 Å². The minimum atomic E-state index is 0.706. The second kappa shape index (κ2) is 8.84. The number of hydrogen-bond donors (Lipinski definition) is 0. The molecule has 1 aromatic carbocycles. The molecule has 1 fully saturated rings. The fraction of sp³-hybridized carbons (Fsp3) is 0.429. The van der Waals surface area contributed by atoms with Crippen LogP contribution in [0.2, 0.25) is 0 Å². The molecule has 1 saturated heterocycles. The van der Waals surface area contributed by atoms with E-state index in [1.165, 1.54) is 5.56 Å². The third kappa shape index (κ3) is 4.38. The van der Waals surface area contributed by atoms with Crippen molar-refractivity contribution in [3.05, 3.63) is 53.1 Å². The van der Waals surface area contributed by atoms with Crippen LogP contribution < -0.4 is 4.90 Å². The van der Waals surface area contributed by atoms with E-state index in [2.05, 4.69) is 62.4 Å². The Morgan fingerprint density at radius 2 is 1.79 bits per heavy atom. The molecule has 0 N–H and O–H groups in total. The predicted octanol–water partition coefficient (Wildman–Crippen LogP) is 3.37. The highest BCUT2D eigenvalue weighted by Crippen LogP contribution is 2.20. The molecular weight excluding hydrogens is 382 g/mol. The fourth-order valence-electron chi connectivity index (χ4n) is 3.69. The molecule has 4 rings (SSSR count).